The maximum absolute atomic E-state index is 13.3. The Bertz CT molecular complexity index is 1410. The minimum atomic E-state index is -3.51. The second-order valence-electron chi connectivity index (χ2n) is 7.22. The third kappa shape index (κ3) is 3.58. The lowest BCUT2D eigenvalue weighted by Crippen LogP contribution is -2.22. The van der Waals surface area contributed by atoms with Crippen molar-refractivity contribution in [2.45, 2.75) is 19.1 Å². The third-order valence-electron chi connectivity index (χ3n) is 4.80. The molecule has 148 valence electrons. The molecule has 0 aliphatic rings. The number of nitrogens with one attached hydrogen (secondary N) is 1. The van der Waals surface area contributed by atoms with E-state index in [1.54, 1.807) is 61.3 Å². The molecule has 4 rings (SSSR count). The second kappa shape index (κ2) is 6.97. The molecule has 0 bridgehead atoms. The van der Waals surface area contributed by atoms with E-state index in [9.17, 15) is 13.2 Å². The van der Waals surface area contributed by atoms with Gasteiger partial charge in [-0.2, -0.15) is 5.10 Å². The number of hydrogen-bond acceptors (Lipinski definition) is 5. The van der Waals surface area contributed by atoms with E-state index in [2.05, 4.69) is 14.8 Å². The molecule has 0 spiro atoms. The van der Waals surface area contributed by atoms with Crippen molar-refractivity contribution >= 4 is 37.4 Å². The molecule has 0 amide bonds. The fourth-order valence-corrected chi connectivity index (χ4v) is 3.77. The van der Waals surface area contributed by atoms with Crippen LogP contribution in [0.1, 0.15) is 13.8 Å². The van der Waals surface area contributed by atoms with Gasteiger partial charge < -0.3 is 0 Å². The summed E-state index contributed by atoms with van der Waals surface area (Å²) in [7, 11) is -1.68. The Hall–Kier alpha value is -3.26. The van der Waals surface area contributed by atoms with E-state index in [4.69, 9.17) is 0 Å². The first kappa shape index (κ1) is 19.1. The van der Waals surface area contributed by atoms with Crippen molar-refractivity contribution in [1.82, 2.24) is 14.8 Å². The lowest BCUT2D eigenvalue weighted by atomic mass is 10.1. The molecule has 2 aromatic carbocycles. The number of benzene rings is 1. The fraction of sp³-hybridized carbons (Fsp3) is 0.190. The van der Waals surface area contributed by atoms with Crippen molar-refractivity contribution in [2.24, 2.45) is 7.05 Å². The first-order chi connectivity index (χ1) is 13.7. The Morgan fingerprint density at radius 2 is 1.76 bits per heavy atom. The van der Waals surface area contributed by atoms with E-state index < -0.39 is 15.3 Å². The number of nitrogens with zero attached hydrogens (tertiary/aromatic N) is 3. The van der Waals surface area contributed by atoms with Gasteiger partial charge in [-0.3, -0.25) is 19.2 Å². The minimum Gasteiger partial charge on any atom is -0.289 e. The molecule has 0 aliphatic carbocycles. The zero-order chi connectivity index (χ0) is 20.8. The van der Waals surface area contributed by atoms with Crippen LogP contribution in [0.2, 0.25) is 0 Å². The number of aromatic nitrogens is 3. The number of sulfonamides is 1. The van der Waals surface area contributed by atoms with Crippen LogP contribution in [0.4, 0.5) is 5.69 Å². The Morgan fingerprint density at radius 1 is 1.00 bits per heavy atom. The SMILES string of the molecule is CC(C)S(=O)(=O)Nc1ccc2ccc3ncc(-c4cnn(C)c4)cc3c(=O)c2c1. The number of pyridine rings is 1. The molecule has 2 aromatic heterocycles. The van der Waals surface area contributed by atoms with Crippen molar-refractivity contribution in [3.05, 3.63) is 65.2 Å². The van der Waals surface area contributed by atoms with E-state index in [1.807, 2.05) is 19.3 Å². The average molecular weight is 408 g/mol. The summed E-state index contributed by atoms with van der Waals surface area (Å²) < 4.78 is 28.6. The molecule has 2 heterocycles. The summed E-state index contributed by atoms with van der Waals surface area (Å²) in [6.07, 6.45) is 5.28. The topological polar surface area (TPSA) is 93.9 Å². The highest BCUT2D eigenvalue weighted by Crippen LogP contribution is 2.23. The summed E-state index contributed by atoms with van der Waals surface area (Å²) in [6, 6.07) is 10.4. The van der Waals surface area contributed by atoms with E-state index in [0.717, 1.165) is 11.1 Å². The fourth-order valence-electron chi connectivity index (χ4n) is 3.08. The highest BCUT2D eigenvalue weighted by molar-refractivity contribution is 7.93. The Balaban J connectivity index is 1.93. The molecule has 8 heteroatoms. The monoisotopic (exact) mass is 408 g/mol. The van der Waals surface area contributed by atoms with Gasteiger partial charge in [0.25, 0.3) is 0 Å². The van der Waals surface area contributed by atoms with E-state index >= 15 is 0 Å². The first-order valence-electron chi connectivity index (χ1n) is 9.12. The van der Waals surface area contributed by atoms with Gasteiger partial charge in [0.1, 0.15) is 0 Å². The molecule has 0 saturated carbocycles. The summed E-state index contributed by atoms with van der Waals surface area (Å²) >= 11 is 0. The number of aryl methyl sites for hydroxylation is 1. The van der Waals surface area contributed by atoms with Gasteiger partial charge in [0.2, 0.25) is 10.0 Å². The van der Waals surface area contributed by atoms with Crippen LogP contribution in [-0.4, -0.2) is 28.4 Å². The van der Waals surface area contributed by atoms with Gasteiger partial charge >= 0.3 is 0 Å². The number of rotatable bonds is 4. The van der Waals surface area contributed by atoms with Gasteiger partial charge in [0.15, 0.2) is 5.43 Å². The van der Waals surface area contributed by atoms with Crippen LogP contribution >= 0.6 is 0 Å². The van der Waals surface area contributed by atoms with Crippen molar-refractivity contribution in [3.63, 3.8) is 0 Å². The molecule has 4 aromatic rings. The second-order valence-corrected chi connectivity index (χ2v) is 9.46. The van der Waals surface area contributed by atoms with E-state index in [-0.39, 0.29) is 5.43 Å². The predicted octanol–water partition coefficient (Wildman–Crippen LogP) is 3.30. The smallest absolute Gasteiger partial charge is 0.235 e. The molecule has 0 atom stereocenters. The highest BCUT2D eigenvalue weighted by Gasteiger charge is 2.16. The van der Waals surface area contributed by atoms with Crippen molar-refractivity contribution in [3.8, 4) is 11.1 Å². The van der Waals surface area contributed by atoms with Gasteiger partial charge in [0, 0.05) is 47.0 Å². The van der Waals surface area contributed by atoms with Gasteiger partial charge in [-0.25, -0.2) is 8.42 Å². The van der Waals surface area contributed by atoms with Gasteiger partial charge in [0.05, 0.1) is 17.0 Å². The number of fused-ring (bicyclic) bond motifs is 2. The Morgan fingerprint density at radius 3 is 2.45 bits per heavy atom. The highest BCUT2D eigenvalue weighted by atomic mass is 32.2. The zero-order valence-corrected chi connectivity index (χ0v) is 17.1. The molecule has 29 heavy (non-hydrogen) atoms. The van der Waals surface area contributed by atoms with Gasteiger partial charge in [-0.05, 0) is 43.5 Å². The summed E-state index contributed by atoms with van der Waals surface area (Å²) in [6.45, 7) is 3.20. The van der Waals surface area contributed by atoms with Crippen molar-refractivity contribution in [2.75, 3.05) is 4.72 Å². The maximum atomic E-state index is 13.3. The van der Waals surface area contributed by atoms with Crippen LogP contribution in [0.25, 0.3) is 32.8 Å². The molecule has 0 fully saturated rings. The molecule has 0 unspecified atom stereocenters. The minimum absolute atomic E-state index is 0.205. The number of anilines is 1. The maximum Gasteiger partial charge on any atom is 0.235 e. The Kier molecular flexibility index (Phi) is 4.58. The molecular weight excluding hydrogens is 388 g/mol. The summed E-state index contributed by atoms with van der Waals surface area (Å²) in [5.41, 5.74) is 2.38. The van der Waals surface area contributed by atoms with E-state index in [0.29, 0.717) is 27.4 Å². The summed E-state index contributed by atoms with van der Waals surface area (Å²) in [5, 5.41) is 5.18. The van der Waals surface area contributed by atoms with Gasteiger partial charge in [-0.15, -0.1) is 0 Å². The lowest BCUT2D eigenvalue weighted by Gasteiger charge is -2.10. The van der Waals surface area contributed by atoms with Crippen LogP contribution in [0.15, 0.2) is 59.8 Å². The van der Waals surface area contributed by atoms with Crippen LogP contribution in [-0.2, 0) is 17.1 Å². The summed E-state index contributed by atoms with van der Waals surface area (Å²) in [5.74, 6) is 0. The lowest BCUT2D eigenvalue weighted by molar-refractivity contribution is 0.593. The van der Waals surface area contributed by atoms with Crippen LogP contribution in [0, 0.1) is 0 Å². The van der Waals surface area contributed by atoms with Crippen LogP contribution in [0.3, 0.4) is 0 Å². The Labute approximate surface area is 168 Å². The molecule has 0 saturated heterocycles. The first-order valence-corrected chi connectivity index (χ1v) is 10.7. The quantitative estimate of drug-likeness (QED) is 0.559. The zero-order valence-electron chi connectivity index (χ0n) is 16.2. The predicted molar refractivity (Wildman–Crippen MR) is 115 cm³/mol. The van der Waals surface area contributed by atoms with Crippen molar-refractivity contribution in [1.29, 1.82) is 0 Å². The van der Waals surface area contributed by atoms with E-state index in [1.165, 1.54) is 0 Å². The molecular formula is C21H20N4O3S. The summed E-state index contributed by atoms with van der Waals surface area (Å²) in [4.78, 5) is 17.7. The van der Waals surface area contributed by atoms with Gasteiger partial charge in [-0.1, -0.05) is 12.1 Å². The molecule has 7 nitrogen and oxygen atoms in total. The standard InChI is InChI=1S/C21H20N4O3S/c1-13(2)29(27,28)24-17-6-4-14-5-7-20-19(21(26)18(14)9-17)8-15(10-22-20)16-11-23-25(3)12-16/h4-13,24H,1-3H3. The number of hydrogen-bond donors (Lipinski definition) is 1. The third-order valence-corrected chi connectivity index (χ3v) is 6.56. The normalized spacial score (nSPS) is 12.0. The average Bonchev–Trinajstić information content (AvgIpc) is 3.06. The van der Waals surface area contributed by atoms with Crippen LogP contribution < -0.4 is 10.2 Å². The molecule has 0 aliphatic heterocycles. The van der Waals surface area contributed by atoms with Crippen molar-refractivity contribution < 1.29 is 8.42 Å². The van der Waals surface area contributed by atoms with Crippen LogP contribution in [0.5, 0.6) is 0 Å². The molecule has 1 N–H and O–H groups in total. The largest absolute Gasteiger partial charge is 0.289 e. The molecule has 0 radical (unpaired) electrons.